The molecule has 0 bridgehead atoms. The lowest BCUT2D eigenvalue weighted by Gasteiger charge is -2.13. The van der Waals surface area contributed by atoms with Crippen molar-refractivity contribution in [3.63, 3.8) is 0 Å². The minimum absolute atomic E-state index is 0.258. The van der Waals surface area contributed by atoms with Gasteiger partial charge in [0.05, 0.1) is 23.4 Å². The summed E-state index contributed by atoms with van der Waals surface area (Å²) in [5.74, 6) is 1.17. The Morgan fingerprint density at radius 2 is 2.29 bits per heavy atom. The van der Waals surface area contributed by atoms with Crippen LogP contribution in [0.15, 0.2) is 29.4 Å². The molecule has 0 spiro atoms. The summed E-state index contributed by atoms with van der Waals surface area (Å²) in [4.78, 5) is 9.02. The van der Waals surface area contributed by atoms with Crippen molar-refractivity contribution in [2.24, 2.45) is 0 Å². The van der Waals surface area contributed by atoms with Gasteiger partial charge in [-0.25, -0.2) is 9.97 Å². The molecule has 1 aromatic carbocycles. The Balaban J connectivity index is 1.84. The molecule has 0 saturated carbocycles. The lowest BCUT2D eigenvalue weighted by molar-refractivity contribution is 0.120. The van der Waals surface area contributed by atoms with E-state index < -0.39 is 0 Å². The Kier molecular flexibility index (Phi) is 4.53. The molecular formula is C15H16N4OS. The van der Waals surface area contributed by atoms with Crippen LogP contribution in [0.1, 0.15) is 12.8 Å². The summed E-state index contributed by atoms with van der Waals surface area (Å²) in [6.45, 7) is 1.60. The van der Waals surface area contributed by atoms with Crippen molar-refractivity contribution in [2.75, 3.05) is 24.2 Å². The van der Waals surface area contributed by atoms with Crippen molar-refractivity contribution in [2.45, 2.75) is 24.1 Å². The lowest BCUT2D eigenvalue weighted by Crippen LogP contribution is -2.19. The fourth-order valence-corrected chi connectivity index (χ4v) is 2.88. The van der Waals surface area contributed by atoms with E-state index in [9.17, 15) is 0 Å². The van der Waals surface area contributed by atoms with Crippen LogP contribution in [-0.4, -0.2) is 35.0 Å². The van der Waals surface area contributed by atoms with Gasteiger partial charge in [-0.05, 0) is 25.0 Å². The van der Waals surface area contributed by atoms with Gasteiger partial charge < -0.3 is 10.1 Å². The molecule has 2 aromatic rings. The minimum atomic E-state index is 0.258. The largest absolute Gasteiger partial charge is 0.376 e. The summed E-state index contributed by atoms with van der Waals surface area (Å²) in [6.07, 6.45) is 2.47. The molecule has 0 unspecified atom stereocenters. The highest BCUT2D eigenvalue weighted by Crippen LogP contribution is 2.24. The molecule has 3 rings (SSSR count). The van der Waals surface area contributed by atoms with Gasteiger partial charge in [0, 0.05) is 18.5 Å². The first kappa shape index (κ1) is 14.1. The van der Waals surface area contributed by atoms with E-state index in [2.05, 4.69) is 21.4 Å². The number of fused-ring (bicyclic) bond motifs is 1. The van der Waals surface area contributed by atoms with Crippen molar-refractivity contribution in [3.8, 4) is 6.07 Å². The van der Waals surface area contributed by atoms with E-state index in [1.54, 1.807) is 0 Å². The van der Waals surface area contributed by atoms with Gasteiger partial charge in [-0.3, -0.25) is 0 Å². The number of hydrogen-bond acceptors (Lipinski definition) is 6. The van der Waals surface area contributed by atoms with E-state index in [1.165, 1.54) is 11.8 Å². The molecule has 2 heterocycles. The van der Waals surface area contributed by atoms with Crippen LogP contribution in [0.5, 0.6) is 0 Å². The molecule has 1 saturated heterocycles. The number of anilines is 1. The summed E-state index contributed by atoms with van der Waals surface area (Å²) >= 11 is 1.35. The number of hydrogen-bond donors (Lipinski definition) is 1. The monoisotopic (exact) mass is 300 g/mol. The number of aromatic nitrogens is 2. The number of thioether (sulfide) groups is 1. The quantitative estimate of drug-likeness (QED) is 0.676. The van der Waals surface area contributed by atoms with Crippen LogP contribution in [0.2, 0.25) is 0 Å². The number of benzene rings is 1. The molecule has 1 fully saturated rings. The van der Waals surface area contributed by atoms with E-state index in [0.29, 0.717) is 10.9 Å². The van der Waals surface area contributed by atoms with Gasteiger partial charge in [-0.2, -0.15) is 5.26 Å². The normalized spacial score (nSPS) is 17.8. The van der Waals surface area contributed by atoms with Gasteiger partial charge >= 0.3 is 0 Å². The Bertz CT molecular complexity index is 664. The summed E-state index contributed by atoms with van der Waals surface area (Å²) < 4.78 is 5.63. The second kappa shape index (κ2) is 6.74. The molecule has 1 atom stereocenters. The standard InChI is InChI=1S/C15H16N4OS/c16-7-9-21-15-18-13-6-2-1-5-12(13)14(19-15)17-10-11-4-3-8-20-11/h1-2,5-6,11H,3-4,8-10H2,(H,17,18,19)/t11-/m0/s1. The van der Waals surface area contributed by atoms with Crippen molar-refractivity contribution < 1.29 is 4.74 Å². The van der Waals surface area contributed by atoms with Gasteiger partial charge in [0.1, 0.15) is 5.82 Å². The Labute approximate surface area is 127 Å². The number of ether oxygens (including phenoxy) is 1. The molecule has 5 nitrogen and oxygen atoms in total. The fourth-order valence-electron chi connectivity index (χ4n) is 2.37. The van der Waals surface area contributed by atoms with Crippen molar-refractivity contribution in [3.05, 3.63) is 24.3 Å². The van der Waals surface area contributed by atoms with Crippen LogP contribution >= 0.6 is 11.8 Å². The zero-order valence-electron chi connectivity index (χ0n) is 11.6. The van der Waals surface area contributed by atoms with Gasteiger partial charge in [-0.15, -0.1) is 0 Å². The predicted molar refractivity (Wildman–Crippen MR) is 83.3 cm³/mol. The van der Waals surface area contributed by atoms with Crippen molar-refractivity contribution in [1.29, 1.82) is 5.26 Å². The number of para-hydroxylation sites is 1. The maximum absolute atomic E-state index is 8.70. The van der Waals surface area contributed by atoms with Crippen LogP contribution in [-0.2, 0) is 4.74 Å². The predicted octanol–water partition coefficient (Wildman–Crippen LogP) is 2.84. The van der Waals surface area contributed by atoms with E-state index in [4.69, 9.17) is 10.00 Å². The molecule has 0 radical (unpaired) electrons. The fraction of sp³-hybridized carbons (Fsp3) is 0.400. The molecule has 1 aliphatic heterocycles. The topological polar surface area (TPSA) is 70.8 Å². The minimum Gasteiger partial charge on any atom is -0.376 e. The Hall–Kier alpha value is -1.84. The molecule has 21 heavy (non-hydrogen) atoms. The van der Waals surface area contributed by atoms with Crippen molar-refractivity contribution >= 4 is 28.5 Å². The maximum atomic E-state index is 8.70. The van der Waals surface area contributed by atoms with E-state index in [1.807, 2.05) is 24.3 Å². The van der Waals surface area contributed by atoms with E-state index in [0.717, 1.165) is 42.7 Å². The third kappa shape index (κ3) is 3.43. The maximum Gasteiger partial charge on any atom is 0.191 e. The number of nitrogens with zero attached hydrogens (tertiary/aromatic N) is 3. The van der Waals surface area contributed by atoms with Gasteiger partial charge in [-0.1, -0.05) is 23.9 Å². The average molecular weight is 300 g/mol. The van der Waals surface area contributed by atoms with Gasteiger partial charge in [0.25, 0.3) is 0 Å². The number of rotatable bonds is 5. The highest BCUT2D eigenvalue weighted by atomic mass is 32.2. The summed E-state index contributed by atoms with van der Waals surface area (Å²) in [5, 5.41) is 13.7. The smallest absolute Gasteiger partial charge is 0.191 e. The highest BCUT2D eigenvalue weighted by molar-refractivity contribution is 7.99. The summed E-state index contributed by atoms with van der Waals surface area (Å²) in [5.41, 5.74) is 0.891. The first-order chi connectivity index (χ1) is 10.4. The zero-order chi connectivity index (χ0) is 14.5. The van der Waals surface area contributed by atoms with Gasteiger partial charge in [0.15, 0.2) is 5.16 Å². The second-order valence-electron chi connectivity index (χ2n) is 4.83. The Morgan fingerprint density at radius 3 is 3.10 bits per heavy atom. The molecule has 6 heteroatoms. The Morgan fingerprint density at radius 1 is 1.38 bits per heavy atom. The SMILES string of the molecule is N#CCSc1nc(NC[C@@H]2CCCO2)c2ccccc2n1. The summed E-state index contributed by atoms with van der Waals surface area (Å²) in [6, 6.07) is 10.0. The summed E-state index contributed by atoms with van der Waals surface area (Å²) in [7, 11) is 0. The van der Waals surface area contributed by atoms with Crippen LogP contribution in [0, 0.1) is 11.3 Å². The van der Waals surface area contributed by atoms with Crippen LogP contribution in [0.25, 0.3) is 10.9 Å². The molecule has 1 aliphatic rings. The van der Waals surface area contributed by atoms with Crippen LogP contribution < -0.4 is 5.32 Å². The zero-order valence-corrected chi connectivity index (χ0v) is 12.4. The number of nitrogens with one attached hydrogen (secondary N) is 1. The molecule has 1 aromatic heterocycles. The third-order valence-electron chi connectivity index (χ3n) is 3.37. The molecule has 0 aliphatic carbocycles. The highest BCUT2D eigenvalue weighted by Gasteiger charge is 2.16. The molecular weight excluding hydrogens is 284 g/mol. The third-order valence-corrected chi connectivity index (χ3v) is 4.08. The van der Waals surface area contributed by atoms with Gasteiger partial charge in [0.2, 0.25) is 0 Å². The number of nitriles is 1. The molecule has 1 N–H and O–H groups in total. The molecule has 108 valence electrons. The molecule has 0 amide bonds. The van der Waals surface area contributed by atoms with Crippen molar-refractivity contribution in [1.82, 2.24) is 9.97 Å². The average Bonchev–Trinajstić information content (AvgIpc) is 3.04. The lowest BCUT2D eigenvalue weighted by atomic mass is 10.2. The first-order valence-electron chi connectivity index (χ1n) is 6.99. The van der Waals surface area contributed by atoms with E-state index in [-0.39, 0.29) is 6.10 Å². The first-order valence-corrected chi connectivity index (χ1v) is 7.97. The van der Waals surface area contributed by atoms with E-state index >= 15 is 0 Å². The van der Waals surface area contributed by atoms with Crippen LogP contribution in [0.4, 0.5) is 5.82 Å². The second-order valence-corrected chi connectivity index (χ2v) is 5.78. The van der Waals surface area contributed by atoms with Crippen LogP contribution in [0.3, 0.4) is 0 Å².